The van der Waals surface area contributed by atoms with Crippen LogP contribution in [0.2, 0.25) is 0 Å². The number of benzene rings is 1. The second kappa shape index (κ2) is 6.51. The van der Waals surface area contributed by atoms with Gasteiger partial charge in [0.15, 0.2) is 0 Å². The van der Waals surface area contributed by atoms with Crippen molar-refractivity contribution in [2.45, 2.75) is 13.0 Å². The molecule has 23 heavy (non-hydrogen) atoms. The summed E-state index contributed by atoms with van der Waals surface area (Å²) in [6.45, 7) is 2.65. The lowest BCUT2D eigenvalue weighted by Crippen LogP contribution is -2.53. The molecule has 9 heteroatoms. The summed E-state index contributed by atoms with van der Waals surface area (Å²) in [4.78, 5) is 36.4. The highest BCUT2D eigenvalue weighted by atomic mass is 16.6. The molecule has 1 aliphatic heterocycles. The number of esters is 1. The van der Waals surface area contributed by atoms with Crippen LogP contribution in [0.1, 0.15) is 17.3 Å². The van der Waals surface area contributed by atoms with Gasteiger partial charge in [0, 0.05) is 31.7 Å². The van der Waals surface area contributed by atoms with Crippen LogP contribution in [-0.2, 0) is 4.74 Å². The summed E-state index contributed by atoms with van der Waals surface area (Å²) in [7, 11) is 1.20. The van der Waals surface area contributed by atoms with Crippen molar-refractivity contribution in [2.24, 2.45) is 0 Å². The number of nitro groups is 1. The molecule has 1 aromatic rings. The average Bonchev–Trinajstić information content (AvgIpc) is 2.53. The molecular formula is C14H17N3O6. The lowest BCUT2D eigenvalue weighted by Gasteiger charge is -2.39. The van der Waals surface area contributed by atoms with Gasteiger partial charge < -0.3 is 19.6 Å². The predicted octanol–water partition coefficient (Wildman–Crippen LogP) is 1.57. The minimum absolute atomic E-state index is 0.0970. The molecule has 1 aromatic carbocycles. The van der Waals surface area contributed by atoms with Crippen LogP contribution < -0.4 is 4.90 Å². The van der Waals surface area contributed by atoms with E-state index in [0.717, 1.165) is 0 Å². The molecule has 1 fully saturated rings. The van der Waals surface area contributed by atoms with E-state index in [-0.39, 0.29) is 30.4 Å². The van der Waals surface area contributed by atoms with Gasteiger partial charge in [-0.2, -0.15) is 0 Å². The van der Waals surface area contributed by atoms with Crippen LogP contribution >= 0.6 is 0 Å². The monoisotopic (exact) mass is 323 g/mol. The molecular weight excluding hydrogens is 306 g/mol. The van der Waals surface area contributed by atoms with Crippen molar-refractivity contribution in [1.82, 2.24) is 4.90 Å². The molecule has 0 unspecified atom stereocenters. The Kier molecular flexibility index (Phi) is 4.68. The van der Waals surface area contributed by atoms with Crippen LogP contribution in [-0.4, -0.2) is 59.8 Å². The maximum absolute atomic E-state index is 11.5. The molecule has 1 aliphatic rings. The summed E-state index contributed by atoms with van der Waals surface area (Å²) in [5.74, 6) is -0.650. The van der Waals surface area contributed by atoms with E-state index in [4.69, 9.17) is 5.11 Å². The Hall–Kier alpha value is -2.84. The Labute approximate surface area is 132 Å². The first-order valence-corrected chi connectivity index (χ1v) is 6.96. The third kappa shape index (κ3) is 3.33. The van der Waals surface area contributed by atoms with E-state index in [9.17, 15) is 19.7 Å². The largest absolute Gasteiger partial charge is 0.465 e. The molecule has 1 heterocycles. The Morgan fingerprint density at radius 1 is 1.39 bits per heavy atom. The second-order valence-electron chi connectivity index (χ2n) is 5.22. The van der Waals surface area contributed by atoms with E-state index in [1.807, 2.05) is 0 Å². The number of piperazine rings is 1. The van der Waals surface area contributed by atoms with E-state index in [0.29, 0.717) is 12.2 Å². The highest BCUT2D eigenvalue weighted by molar-refractivity contribution is 5.91. The highest BCUT2D eigenvalue weighted by Crippen LogP contribution is 2.32. The molecule has 1 atom stereocenters. The number of hydrogen-bond acceptors (Lipinski definition) is 6. The lowest BCUT2D eigenvalue weighted by molar-refractivity contribution is -0.384. The first-order chi connectivity index (χ1) is 10.8. The van der Waals surface area contributed by atoms with Crippen LogP contribution in [0, 0.1) is 10.1 Å². The van der Waals surface area contributed by atoms with Gasteiger partial charge in [-0.3, -0.25) is 10.1 Å². The zero-order valence-corrected chi connectivity index (χ0v) is 12.8. The predicted molar refractivity (Wildman–Crippen MR) is 80.8 cm³/mol. The number of nitro benzene ring substituents is 1. The van der Waals surface area contributed by atoms with E-state index < -0.39 is 17.0 Å². The maximum atomic E-state index is 11.5. The van der Waals surface area contributed by atoms with E-state index in [1.165, 1.54) is 30.2 Å². The number of carbonyl (C=O) groups is 2. The molecule has 9 nitrogen and oxygen atoms in total. The third-order valence-corrected chi connectivity index (χ3v) is 3.80. The third-order valence-electron chi connectivity index (χ3n) is 3.80. The zero-order valence-electron chi connectivity index (χ0n) is 12.8. The SMILES string of the molecule is COC(=O)c1ccc(N2CCN(C(=O)O)C[C@H]2C)c([N+](=O)[O-])c1. The number of anilines is 1. The summed E-state index contributed by atoms with van der Waals surface area (Å²) >= 11 is 0. The normalized spacial score (nSPS) is 17.7. The van der Waals surface area contributed by atoms with Crippen molar-refractivity contribution in [3.8, 4) is 0 Å². The summed E-state index contributed by atoms with van der Waals surface area (Å²) in [6, 6.07) is 3.92. The summed E-state index contributed by atoms with van der Waals surface area (Å²) in [5.41, 5.74) is 0.253. The fourth-order valence-electron chi connectivity index (χ4n) is 2.65. The summed E-state index contributed by atoms with van der Waals surface area (Å²) < 4.78 is 4.57. The number of rotatable bonds is 3. The minimum atomic E-state index is -1.01. The summed E-state index contributed by atoms with van der Waals surface area (Å²) in [5, 5.41) is 20.4. The fraction of sp³-hybridized carbons (Fsp3) is 0.429. The number of methoxy groups -OCH3 is 1. The molecule has 1 saturated heterocycles. The Bertz CT molecular complexity index is 647. The van der Waals surface area contributed by atoms with Gasteiger partial charge in [-0.25, -0.2) is 9.59 Å². The Balaban J connectivity index is 2.34. The van der Waals surface area contributed by atoms with Gasteiger partial charge in [0.2, 0.25) is 0 Å². The lowest BCUT2D eigenvalue weighted by atomic mass is 10.1. The smallest absolute Gasteiger partial charge is 0.407 e. The van der Waals surface area contributed by atoms with Crippen molar-refractivity contribution in [3.05, 3.63) is 33.9 Å². The van der Waals surface area contributed by atoms with Crippen molar-refractivity contribution in [3.63, 3.8) is 0 Å². The number of carboxylic acid groups (broad SMARTS) is 1. The number of hydrogen-bond donors (Lipinski definition) is 1. The number of carbonyl (C=O) groups excluding carboxylic acids is 1. The van der Waals surface area contributed by atoms with E-state index >= 15 is 0 Å². The van der Waals surface area contributed by atoms with Gasteiger partial charge in [0.05, 0.1) is 17.6 Å². The average molecular weight is 323 g/mol. The van der Waals surface area contributed by atoms with Crippen LogP contribution in [0.5, 0.6) is 0 Å². The highest BCUT2D eigenvalue weighted by Gasteiger charge is 2.31. The molecule has 1 N–H and O–H groups in total. The molecule has 2 rings (SSSR count). The molecule has 124 valence electrons. The molecule has 0 bridgehead atoms. The quantitative estimate of drug-likeness (QED) is 0.510. The number of nitrogens with zero attached hydrogens (tertiary/aromatic N) is 3. The maximum Gasteiger partial charge on any atom is 0.407 e. The molecule has 0 spiro atoms. The molecule has 0 aromatic heterocycles. The standard InChI is InChI=1S/C14H17N3O6/c1-9-8-15(14(19)20)5-6-16(9)11-4-3-10(13(18)23-2)7-12(11)17(21)22/h3-4,7,9H,5-6,8H2,1-2H3,(H,19,20)/t9-/m1/s1. The molecule has 0 radical (unpaired) electrons. The minimum Gasteiger partial charge on any atom is -0.465 e. The van der Waals surface area contributed by atoms with Crippen molar-refractivity contribution in [1.29, 1.82) is 0 Å². The van der Waals surface area contributed by atoms with Crippen molar-refractivity contribution >= 4 is 23.4 Å². The Morgan fingerprint density at radius 2 is 2.09 bits per heavy atom. The van der Waals surface area contributed by atoms with Gasteiger partial charge in [0.25, 0.3) is 5.69 Å². The van der Waals surface area contributed by atoms with Crippen LogP contribution in [0.3, 0.4) is 0 Å². The van der Waals surface area contributed by atoms with Crippen molar-refractivity contribution in [2.75, 3.05) is 31.6 Å². The summed E-state index contributed by atoms with van der Waals surface area (Å²) in [6.07, 6.45) is -1.01. The van der Waals surface area contributed by atoms with Crippen LogP contribution in [0.15, 0.2) is 18.2 Å². The van der Waals surface area contributed by atoms with Gasteiger partial charge >= 0.3 is 12.1 Å². The van der Waals surface area contributed by atoms with E-state index in [2.05, 4.69) is 4.74 Å². The first-order valence-electron chi connectivity index (χ1n) is 6.96. The topological polar surface area (TPSA) is 113 Å². The van der Waals surface area contributed by atoms with Gasteiger partial charge in [-0.1, -0.05) is 0 Å². The fourth-order valence-corrected chi connectivity index (χ4v) is 2.65. The number of ether oxygens (including phenoxy) is 1. The molecule has 0 aliphatic carbocycles. The van der Waals surface area contributed by atoms with Crippen molar-refractivity contribution < 1.29 is 24.4 Å². The Morgan fingerprint density at radius 3 is 2.61 bits per heavy atom. The zero-order chi connectivity index (χ0) is 17.1. The second-order valence-corrected chi connectivity index (χ2v) is 5.22. The molecule has 1 amide bonds. The van der Waals surface area contributed by atoms with Gasteiger partial charge in [-0.05, 0) is 19.1 Å². The van der Waals surface area contributed by atoms with Gasteiger partial charge in [-0.15, -0.1) is 0 Å². The number of amides is 1. The molecule has 0 saturated carbocycles. The van der Waals surface area contributed by atoms with Gasteiger partial charge in [0.1, 0.15) is 5.69 Å². The van der Waals surface area contributed by atoms with Crippen LogP contribution in [0.25, 0.3) is 0 Å². The first kappa shape index (κ1) is 16.5. The van der Waals surface area contributed by atoms with E-state index in [1.54, 1.807) is 11.8 Å². The van der Waals surface area contributed by atoms with Crippen LogP contribution in [0.4, 0.5) is 16.2 Å².